The summed E-state index contributed by atoms with van der Waals surface area (Å²) in [5, 5.41) is 6.58. The molecular weight excluding hydrogens is 433 g/mol. The number of ether oxygens (including phenoxy) is 3. The average Bonchev–Trinajstić information content (AvgIpc) is 3.11. The highest BCUT2D eigenvalue weighted by Crippen LogP contribution is 2.18. The third kappa shape index (κ3) is 8.73. The van der Waals surface area contributed by atoms with Gasteiger partial charge in [-0.1, -0.05) is 6.07 Å². The lowest BCUT2D eigenvalue weighted by Gasteiger charge is -2.14. The quantitative estimate of drug-likeness (QED) is 0.255. The Kier molecular flexibility index (Phi) is 11.6. The SMILES string of the molecule is CCNC(=NCC1CCCO1)Nc1cccc(OCCCOC)c1.I. The summed E-state index contributed by atoms with van der Waals surface area (Å²) >= 11 is 0. The lowest BCUT2D eigenvalue weighted by Crippen LogP contribution is -2.31. The van der Waals surface area contributed by atoms with Gasteiger partial charge < -0.3 is 24.8 Å². The van der Waals surface area contributed by atoms with E-state index in [2.05, 4.69) is 22.5 Å². The van der Waals surface area contributed by atoms with Crippen molar-refractivity contribution in [3.8, 4) is 5.75 Å². The van der Waals surface area contributed by atoms with Gasteiger partial charge in [-0.3, -0.25) is 4.99 Å². The van der Waals surface area contributed by atoms with E-state index in [1.54, 1.807) is 7.11 Å². The van der Waals surface area contributed by atoms with Gasteiger partial charge in [0.25, 0.3) is 0 Å². The molecule has 2 N–H and O–H groups in total. The van der Waals surface area contributed by atoms with Crippen molar-refractivity contribution in [3.63, 3.8) is 0 Å². The second-order valence-electron chi connectivity index (χ2n) is 5.70. The first-order valence-corrected chi connectivity index (χ1v) is 8.70. The Hall–Kier alpha value is -1.06. The first-order valence-electron chi connectivity index (χ1n) is 8.70. The van der Waals surface area contributed by atoms with E-state index in [1.807, 2.05) is 24.3 Å². The van der Waals surface area contributed by atoms with E-state index in [4.69, 9.17) is 14.2 Å². The molecular formula is C18H30IN3O3. The molecule has 1 aromatic carbocycles. The van der Waals surface area contributed by atoms with Crippen molar-refractivity contribution in [2.24, 2.45) is 4.99 Å². The van der Waals surface area contributed by atoms with Crippen molar-refractivity contribution >= 4 is 35.6 Å². The van der Waals surface area contributed by atoms with E-state index in [9.17, 15) is 0 Å². The molecule has 2 rings (SSSR count). The fraction of sp³-hybridized carbons (Fsp3) is 0.611. The number of hydrogen-bond acceptors (Lipinski definition) is 4. The average molecular weight is 463 g/mol. The van der Waals surface area contributed by atoms with Crippen molar-refractivity contribution in [1.29, 1.82) is 0 Å². The summed E-state index contributed by atoms with van der Waals surface area (Å²) in [6.07, 6.45) is 3.34. The summed E-state index contributed by atoms with van der Waals surface area (Å²) in [4.78, 5) is 4.62. The molecule has 1 atom stereocenters. The molecule has 0 spiro atoms. The monoisotopic (exact) mass is 463 g/mol. The molecule has 1 aliphatic rings. The van der Waals surface area contributed by atoms with Gasteiger partial charge in [0.1, 0.15) is 5.75 Å². The maximum absolute atomic E-state index is 5.73. The van der Waals surface area contributed by atoms with Crippen LogP contribution < -0.4 is 15.4 Å². The minimum absolute atomic E-state index is 0. The van der Waals surface area contributed by atoms with Gasteiger partial charge >= 0.3 is 0 Å². The zero-order valence-electron chi connectivity index (χ0n) is 15.1. The number of nitrogens with one attached hydrogen (secondary N) is 2. The highest BCUT2D eigenvalue weighted by molar-refractivity contribution is 14.0. The zero-order valence-corrected chi connectivity index (χ0v) is 17.5. The second kappa shape index (κ2) is 13.2. The van der Waals surface area contributed by atoms with Gasteiger partial charge in [0.2, 0.25) is 0 Å². The number of halogens is 1. The molecule has 1 aliphatic heterocycles. The van der Waals surface area contributed by atoms with Crippen LogP contribution in [0.15, 0.2) is 29.3 Å². The Morgan fingerprint density at radius 2 is 2.24 bits per heavy atom. The van der Waals surface area contributed by atoms with Crippen LogP contribution in [0.4, 0.5) is 5.69 Å². The number of guanidine groups is 1. The number of hydrogen-bond donors (Lipinski definition) is 2. The fourth-order valence-electron chi connectivity index (χ4n) is 2.48. The summed E-state index contributed by atoms with van der Waals surface area (Å²) in [6, 6.07) is 7.90. The Bertz CT molecular complexity index is 508. The van der Waals surface area contributed by atoms with Crippen molar-refractivity contribution in [2.75, 3.05) is 45.3 Å². The standard InChI is InChI=1S/C18H29N3O3.HI/c1-3-19-18(20-14-17-9-5-11-24-17)21-15-7-4-8-16(13-15)23-12-6-10-22-2;/h4,7-8,13,17H,3,5-6,9-12,14H2,1-2H3,(H2,19,20,21);1H. The summed E-state index contributed by atoms with van der Waals surface area (Å²) < 4.78 is 16.4. The van der Waals surface area contributed by atoms with E-state index in [-0.39, 0.29) is 30.1 Å². The van der Waals surface area contributed by atoms with Gasteiger partial charge in [-0.15, -0.1) is 24.0 Å². The summed E-state index contributed by atoms with van der Waals surface area (Å²) in [6.45, 7) is 5.75. The lowest BCUT2D eigenvalue weighted by atomic mass is 10.2. The first kappa shape index (κ1) is 22.0. The second-order valence-corrected chi connectivity index (χ2v) is 5.70. The Balaban J connectivity index is 0.00000312. The first-order chi connectivity index (χ1) is 11.8. The topological polar surface area (TPSA) is 64.1 Å². The fourth-order valence-corrected chi connectivity index (χ4v) is 2.48. The molecule has 0 aliphatic carbocycles. The van der Waals surface area contributed by atoms with E-state index in [0.29, 0.717) is 19.8 Å². The zero-order chi connectivity index (χ0) is 17.0. The number of anilines is 1. The predicted molar refractivity (Wildman–Crippen MR) is 112 cm³/mol. The van der Waals surface area contributed by atoms with Crippen LogP contribution in [0.25, 0.3) is 0 Å². The van der Waals surface area contributed by atoms with Gasteiger partial charge in [0, 0.05) is 45.0 Å². The molecule has 1 aromatic rings. The molecule has 7 heteroatoms. The Labute approximate surface area is 167 Å². The van der Waals surface area contributed by atoms with E-state index in [0.717, 1.165) is 49.8 Å². The summed E-state index contributed by atoms with van der Waals surface area (Å²) in [7, 11) is 1.70. The number of methoxy groups -OCH3 is 1. The summed E-state index contributed by atoms with van der Waals surface area (Å²) in [5.41, 5.74) is 0.950. The molecule has 1 fully saturated rings. The van der Waals surface area contributed by atoms with E-state index in [1.165, 1.54) is 0 Å². The maximum Gasteiger partial charge on any atom is 0.195 e. The molecule has 6 nitrogen and oxygen atoms in total. The molecule has 0 aromatic heterocycles. The highest BCUT2D eigenvalue weighted by atomic mass is 127. The van der Waals surface area contributed by atoms with Crippen LogP contribution in [0.3, 0.4) is 0 Å². The predicted octanol–water partition coefficient (Wildman–Crippen LogP) is 3.28. The molecule has 0 radical (unpaired) electrons. The molecule has 142 valence electrons. The Morgan fingerprint density at radius 1 is 1.36 bits per heavy atom. The molecule has 0 saturated carbocycles. The van der Waals surface area contributed by atoms with E-state index >= 15 is 0 Å². The van der Waals surface area contributed by atoms with Crippen LogP contribution in [0, 0.1) is 0 Å². The largest absolute Gasteiger partial charge is 0.493 e. The smallest absolute Gasteiger partial charge is 0.195 e. The van der Waals surface area contributed by atoms with Gasteiger partial charge in [-0.05, 0) is 31.9 Å². The number of nitrogens with zero attached hydrogens (tertiary/aromatic N) is 1. The van der Waals surface area contributed by atoms with E-state index < -0.39 is 0 Å². The molecule has 1 heterocycles. The molecule has 25 heavy (non-hydrogen) atoms. The minimum atomic E-state index is 0. The summed E-state index contributed by atoms with van der Waals surface area (Å²) in [5.74, 6) is 1.61. The van der Waals surface area contributed by atoms with Crippen LogP contribution in [0.2, 0.25) is 0 Å². The Morgan fingerprint density at radius 3 is 2.96 bits per heavy atom. The highest BCUT2D eigenvalue weighted by Gasteiger charge is 2.14. The van der Waals surface area contributed by atoms with Crippen molar-refractivity contribution < 1.29 is 14.2 Å². The number of rotatable bonds is 9. The van der Waals surface area contributed by atoms with Crippen LogP contribution in [0.5, 0.6) is 5.75 Å². The van der Waals surface area contributed by atoms with Crippen molar-refractivity contribution in [2.45, 2.75) is 32.3 Å². The third-order valence-electron chi connectivity index (χ3n) is 3.68. The van der Waals surface area contributed by atoms with Gasteiger partial charge in [0.15, 0.2) is 5.96 Å². The van der Waals surface area contributed by atoms with Crippen molar-refractivity contribution in [3.05, 3.63) is 24.3 Å². The van der Waals surface area contributed by atoms with Crippen LogP contribution in [-0.4, -0.2) is 52.1 Å². The number of aliphatic imine (C=N–C) groups is 1. The van der Waals surface area contributed by atoms with Gasteiger partial charge in [-0.2, -0.15) is 0 Å². The van der Waals surface area contributed by atoms with Crippen molar-refractivity contribution in [1.82, 2.24) is 5.32 Å². The molecule has 0 bridgehead atoms. The lowest BCUT2D eigenvalue weighted by molar-refractivity contribution is 0.118. The molecule has 1 saturated heterocycles. The molecule has 0 amide bonds. The van der Waals surface area contributed by atoms with Crippen LogP contribution in [-0.2, 0) is 9.47 Å². The maximum atomic E-state index is 5.73. The number of benzene rings is 1. The minimum Gasteiger partial charge on any atom is -0.493 e. The van der Waals surface area contributed by atoms with Gasteiger partial charge in [-0.25, -0.2) is 0 Å². The van der Waals surface area contributed by atoms with Crippen LogP contribution in [0.1, 0.15) is 26.2 Å². The molecule has 1 unspecified atom stereocenters. The normalized spacial score (nSPS) is 17.0. The van der Waals surface area contributed by atoms with Crippen LogP contribution >= 0.6 is 24.0 Å². The van der Waals surface area contributed by atoms with Gasteiger partial charge in [0.05, 0.1) is 19.3 Å². The third-order valence-corrected chi connectivity index (χ3v) is 3.68.